The molecule has 2 heteroatoms. The van der Waals surface area contributed by atoms with E-state index in [0.717, 1.165) is 11.3 Å². The number of rotatable bonds is 6. The summed E-state index contributed by atoms with van der Waals surface area (Å²) in [5.74, 6) is 3.27. The van der Waals surface area contributed by atoms with E-state index in [2.05, 4.69) is 5.92 Å². The molecule has 88 valence electrons. The number of hydrogen-bond donors (Lipinski definition) is 0. The Morgan fingerprint density at radius 1 is 1.24 bits per heavy atom. The number of allylic oxidation sites excluding steroid dienone is 3. The van der Waals surface area contributed by atoms with Gasteiger partial charge in [0.25, 0.3) is 0 Å². The van der Waals surface area contributed by atoms with Crippen LogP contribution in [0.15, 0.2) is 48.6 Å². The highest BCUT2D eigenvalue weighted by Crippen LogP contribution is 2.11. The quantitative estimate of drug-likeness (QED) is 0.423. The molecule has 0 spiro atoms. The molecule has 0 unspecified atom stereocenters. The zero-order valence-electron chi connectivity index (χ0n) is 9.93. The van der Waals surface area contributed by atoms with E-state index in [0.29, 0.717) is 13.2 Å². The van der Waals surface area contributed by atoms with Crippen LogP contribution < -0.4 is 4.74 Å². The first-order valence-corrected chi connectivity index (χ1v) is 5.35. The molecule has 17 heavy (non-hydrogen) atoms. The first kappa shape index (κ1) is 13.1. The Bertz CT molecular complexity index is 408. The van der Waals surface area contributed by atoms with E-state index in [1.807, 2.05) is 36.4 Å². The molecule has 0 aliphatic rings. The Hall–Kier alpha value is -1.98. The van der Waals surface area contributed by atoms with Gasteiger partial charge in [0.2, 0.25) is 0 Å². The van der Waals surface area contributed by atoms with E-state index < -0.39 is 0 Å². The van der Waals surface area contributed by atoms with Crippen LogP contribution in [0.1, 0.15) is 5.56 Å². The molecule has 0 atom stereocenters. The molecule has 1 aromatic rings. The second-order valence-electron chi connectivity index (χ2n) is 3.32. The molecule has 0 radical (unpaired) electrons. The van der Waals surface area contributed by atoms with Gasteiger partial charge in [0.05, 0.1) is 20.3 Å². The summed E-state index contributed by atoms with van der Waals surface area (Å²) in [6.07, 6.45) is 12.3. The van der Waals surface area contributed by atoms with Crippen LogP contribution >= 0.6 is 0 Å². The molecule has 1 aromatic carbocycles. The normalized spacial score (nSPS) is 10.8. The second-order valence-corrected chi connectivity index (χ2v) is 3.32. The van der Waals surface area contributed by atoms with Crippen LogP contribution in [0, 0.1) is 12.3 Å². The van der Waals surface area contributed by atoms with E-state index in [-0.39, 0.29) is 0 Å². The Morgan fingerprint density at radius 3 is 2.65 bits per heavy atom. The summed E-state index contributed by atoms with van der Waals surface area (Å²) >= 11 is 0. The van der Waals surface area contributed by atoms with Crippen molar-refractivity contribution in [3.8, 4) is 18.1 Å². The van der Waals surface area contributed by atoms with Gasteiger partial charge in [0.1, 0.15) is 5.75 Å². The lowest BCUT2D eigenvalue weighted by molar-refractivity contribution is 0.148. The van der Waals surface area contributed by atoms with Crippen molar-refractivity contribution in [2.75, 3.05) is 13.7 Å². The Kier molecular flexibility index (Phi) is 6.32. The van der Waals surface area contributed by atoms with Crippen molar-refractivity contribution in [1.82, 2.24) is 0 Å². The predicted octanol–water partition coefficient (Wildman–Crippen LogP) is 2.96. The third-order valence-corrected chi connectivity index (χ3v) is 2.08. The second kappa shape index (κ2) is 8.20. The van der Waals surface area contributed by atoms with Crippen LogP contribution in [0.25, 0.3) is 0 Å². The number of hydrogen-bond acceptors (Lipinski definition) is 2. The van der Waals surface area contributed by atoms with Crippen LogP contribution in [-0.4, -0.2) is 13.7 Å². The van der Waals surface area contributed by atoms with Crippen LogP contribution in [0.3, 0.4) is 0 Å². The van der Waals surface area contributed by atoms with Crippen molar-refractivity contribution in [3.05, 3.63) is 54.1 Å². The zero-order valence-corrected chi connectivity index (χ0v) is 9.93. The third kappa shape index (κ3) is 5.60. The van der Waals surface area contributed by atoms with Crippen molar-refractivity contribution in [3.63, 3.8) is 0 Å². The molecule has 0 heterocycles. The van der Waals surface area contributed by atoms with Crippen molar-refractivity contribution in [2.24, 2.45) is 0 Å². The number of methoxy groups -OCH3 is 1. The van der Waals surface area contributed by atoms with Gasteiger partial charge in [-0.1, -0.05) is 36.3 Å². The maximum atomic E-state index is 5.46. The van der Waals surface area contributed by atoms with Crippen LogP contribution in [0.4, 0.5) is 0 Å². The van der Waals surface area contributed by atoms with E-state index in [4.69, 9.17) is 15.9 Å². The molecule has 0 bridgehead atoms. The molecule has 0 N–H and O–H groups in total. The van der Waals surface area contributed by atoms with Crippen LogP contribution in [0.2, 0.25) is 0 Å². The van der Waals surface area contributed by atoms with Crippen LogP contribution in [-0.2, 0) is 11.3 Å². The van der Waals surface area contributed by atoms with Gasteiger partial charge in [-0.25, -0.2) is 0 Å². The molecule has 0 fully saturated rings. The van der Waals surface area contributed by atoms with Gasteiger partial charge in [-0.05, 0) is 23.8 Å². The minimum absolute atomic E-state index is 0.570. The van der Waals surface area contributed by atoms with Gasteiger partial charge >= 0.3 is 0 Å². The van der Waals surface area contributed by atoms with E-state index in [9.17, 15) is 0 Å². The Labute approximate surface area is 103 Å². The predicted molar refractivity (Wildman–Crippen MR) is 69.8 cm³/mol. The highest BCUT2D eigenvalue weighted by atomic mass is 16.5. The number of terminal acetylenes is 1. The molecule has 0 saturated carbocycles. The smallest absolute Gasteiger partial charge is 0.118 e. The third-order valence-electron chi connectivity index (χ3n) is 2.08. The van der Waals surface area contributed by atoms with Crippen LogP contribution in [0.5, 0.6) is 5.75 Å². The summed E-state index contributed by atoms with van der Waals surface area (Å²) in [5, 5.41) is 0. The Morgan fingerprint density at radius 2 is 2.00 bits per heavy atom. The van der Waals surface area contributed by atoms with E-state index >= 15 is 0 Å². The van der Waals surface area contributed by atoms with Crippen molar-refractivity contribution in [1.29, 1.82) is 0 Å². The van der Waals surface area contributed by atoms with Crippen molar-refractivity contribution in [2.45, 2.75) is 6.61 Å². The Balaban J connectivity index is 2.24. The first-order chi connectivity index (χ1) is 8.36. The summed E-state index contributed by atoms with van der Waals surface area (Å²) in [6.45, 7) is 1.16. The average Bonchev–Trinajstić information content (AvgIpc) is 2.38. The molecule has 0 saturated heterocycles. The van der Waals surface area contributed by atoms with E-state index in [1.54, 1.807) is 19.3 Å². The summed E-state index contributed by atoms with van der Waals surface area (Å²) < 4.78 is 10.5. The fourth-order valence-corrected chi connectivity index (χ4v) is 1.21. The lowest BCUT2D eigenvalue weighted by Crippen LogP contribution is -1.92. The van der Waals surface area contributed by atoms with Crippen molar-refractivity contribution < 1.29 is 9.47 Å². The SMILES string of the molecule is C#C/C=C\C=C\COCc1ccc(OC)cc1. The van der Waals surface area contributed by atoms with Gasteiger partial charge in [-0.3, -0.25) is 0 Å². The standard InChI is InChI=1S/C15H16O2/c1-3-4-5-6-7-12-17-13-14-8-10-15(16-2)11-9-14/h1,4-11H,12-13H2,2H3/b5-4-,7-6+. The average molecular weight is 228 g/mol. The first-order valence-electron chi connectivity index (χ1n) is 5.35. The number of ether oxygens (including phenoxy) is 2. The molecule has 0 amide bonds. The number of benzene rings is 1. The fourth-order valence-electron chi connectivity index (χ4n) is 1.21. The molecular formula is C15H16O2. The van der Waals surface area contributed by atoms with Gasteiger partial charge in [-0.2, -0.15) is 0 Å². The fraction of sp³-hybridized carbons (Fsp3) is 0.200. The molecule has 0 aromatic heterocycles. The van der Waals surface area contributed by atoms with Gasteiger partial charge in [0.15, 0.2) is 0 Å². The lowest BCUT2D eigenvalue weighted by atomic mass is 10.2. The molecular weight excluding hydrogens is 212 g/mol. The highest BCUT2D eigenvalue weighted by molar-refractivity contribution is 5.26. The highest BCUT2D eigenvalue weighted by Gasteiger charge is 1.93. The molecule has 1 rings (SSSR count). The van der Waals surface area contributed by atoms with E-state index in [1.165, 1.54) is 0 Å². The maximum Gasteiger partial charge on any atom is 0.118 e. The summed E-state index contributed by atoms with van der Waals surface area (Å²) in [4.78, 5) is 0. The lowest BCUT2D eigenvalue weighted by Gasteiger charge is -2.03. The summed E-state index contributed by atoms with van der Waals surface area (Å²) in [7, 11) is 1.65. The van der Waals surface area contributed by atoms with Gasteiger partial charge in [0, 0.05) is 0 Å². The minimum Gasteiger partial charge on any atom is -0.497 e. The van der Waals surface area contributed by atoms with Gasteiger partial charge < -0.3 is 9.47 Å². The largest absolute Gasteiger partial charge is 0.497 e. The molecule has 0 aliphatic carbocycles. The zero-order chi connectivity index (χ0) is 12.3. The summed E-state index contributed by atoms with van der Waals surface area (Å²) in [6, 6.07) is 7.82. The topological polar surface area (TPSA) is 18.5 Å². The monoisotopic (exact) mass is 228 g/mol. The summed E-state index contributed by atoms with van der Waals surface area (Å²) in [5.41, 5.74) is 1.12. The minimum atomic E-state index is 0.570. The van der Waals surface area contributed by atoms with Gasteiger partial charge in [-0.15, -0.1) is 6.42 Å². The molecule has 2 nitrogen and oxygen atoms in total. The maximum absolute atomic E-state index is 5.46. The molecule has 0 aliphatic heterocycles. The van der Waals surface area contributed by atoms with Crippen molar-refractivity contribution >= 4 is 0 Å².